The summed E-state index contributed by atoms with van der Waals surface area (Å²) < 4.78 is 12.2. The fourth-order valence-electron chi connectivity index (χ4n) is 7.70. The van der Waals surface area contributed by atoms with Crippen molar-refractivity contribution < 1.29 is 19.1 Å². The molecular formula is C35H60N4O4. The lowest BCUT2D eigenvalue weighted by molar-refractivity contribution is -0.123. The van der Waals surface area contributed by atoms with Crippen molar-refractivity contribution in [1.82, 2.24) is 9.80 Å². The number of likely N-dealkylation sites (tertiary alicyclic amines) is 2. The largest absolute Gasteiger partial charge is 0.446 e. The summed E-state index contributed by atoms with van der Waals surface area (Å²) in [5.41, 5.74) is 1.77. The Morgan fingerprint density at radius 2 is 1.19 bits per heavy atom. The molecule has 1 aromatic rings. The molecule has 8 heteroatoms. The summed E-state index contributed by atoms with van der Waals surface area (Å²) in [6.07, 6.45) is 4.08. The smallest absolute Gasteiger partial charge is 0.411 e. The molecule has 0 radical (unpaired) electrons. The van der Waals surface area contributed by atoms with Gasteiger partial charge in [0.1, 0.15) is 12.2 Å². The van der Waals surface area contributed by atoms with E-state index < -0.39 is 12.2 Å². The molecule has 1 aromatic carbocycles. The first-order valence-electron chi connectivity index (χ1n) is 16.5. The Hall–Kier alpha value is -2.32. The number of aryl methyl sites for hydroxylation is 1. The number of anilines is 2. The normalized spacial score (nSPS) is 37.0. The number of benzene rings is 1. The van der Waals surface area contributed by atoms with Gasteiger partial charge in [0.2, 0.25) is 0 Å². The van der Waals surface area contributed by atoms with Crippen molar-refractivity contribution in [2.75, 3.05) is 24.7 Å². The average Bonchev–Trinajstić information content (AvgIpc) is 2.98. The number of amides is 2. The molecule has 2 aliphatic heterocycles. The van der Waals surface area contributed by atoms with Crippen molar-refractivity contribution >= 4 is 23.6 Å². The maximum atomic E-state index is 13.2. The SMILES string of the molecule is CCC1(C)CC(OC(=O)Nc2ccc(C)c(NC(=O)OC3CC(C)(CC)N(C)C(C)(CC)C3C)c2)C(C)C(C)(CC)N1C. The highest BCUT2D eigenvalue weighted by Gasteiger charge is 2.53. The van der Waals surface area contributed by atoms with E-state index in [4.69, 9.17) is 9.47 Å². The van der Waals surface area contributed by atoms with Crippen molar-refractivity contribution in [1.29, 1.82) is 0 Å². The van der Waals surface area contributed by atoms with Crippen molar-refractivity contribution in [3.05, 3.63) is 23.8 Å². The van der Waals surface area contributed by atoms with Crippen LogP contribution in [-0.4, -0.2) is 70.4 Å². The molecule has 0 saturated carbocycles. The molecule has 3 rings (SSSR count). The number of piperidine rings is 2. The molecule has 8 atom stereocenters. The molecule has 8 unspecified atom stereocenters. The van der Waals surface area contributed by atoms with E-state index in [-0.39, 0.29) is 46.2 Å². The molecule has 0 bridgehead atoms. The van der Waals surface area contributed by atoms with Crippen LogP contribution in [0, 0.1) is 18.8 Å². The summed E-state index contributed by atoms with van der Waals surface area (Å²) >= 11 is 0. The van der Waals surface area contributed by atoms with Gasteiger partial charge in [0.05, 0.1) is 0 Å². The number of nitrogens with zero attached hydrogens (tertiary/aromatic N) is 2. The van der Waals surface area contributed by atoms with Gasteiger partial charge in [-0.3, -0.25) is 20.4 Å². The van der Waals surface area contributed by atoms with Crippen LogP contribution in [0.3, 0.4) is 0 Å². The zero-order valence-corrected chi connectivity index (χ0v) is 29.3. The van der Waals surface area contributed by atoms with Gasteiger partial charge in [-0.05, 0) is 92.1 Å². The first kappa shape index (κ1) is 35.2. The van der Waals surface area contributed by atoms with E-state index in [2.05, 4.69) is 104 Å². The zero-order valence-electron chi connectivity index (χ0n) is 29.3. The van der Waals surface area contributed by atoms with Gasteiger partial charge in [0.15, 0.2) is 0 Å². The van der Waals surface area contributed by atoms with Crippen LogP contribution < -0.4 is 10.6 Å². The van der Waals surface area contributed by atoms with E-state index >= 15 is 0 Å². The highest BCUT2D eigenvalue weighted by Crippen LogP contribution is 2.47. The lowest BCUT2D eigenvalue weighted by Gasteiger charge is -2.59. The van der Waals surface area contributed by atoms with E-state index in [1.54, 1.807) is 6.07 Å². The number of ether oxygens (including phenoxy) is 2. The third-order valence-electron chi connectivity index (χ3n) is 12.7. The molecule has 244 valence electrons. The Labute approximate surface area is 261 Å². The number of hydrogen-bond donors (Lipinski definition) is 2. The van der Waals surface area contributed by atoms with Crippen molar-refractivity contribution in [3.63, 3.8) is 0 Å². The van der Waals surface area contributed by atoms with Crippen molar-refractivity contribution in [3.8, 4) is 0 Å². The molecule has 2 fully saturated rings. The lowest BCUT2D eigenvalue weighted by Crippen LogP contribution is -2.66. The van der Waals surface area contributed by atoms with E-state index in [9.17, 15) is 9.59 Å². The van der Waals surface area contributed by atoms with Crippen LogP contribution in [-0.2, 0) is 9.47 Å². The second kappa shape index (κ2) is 13.0. The molecule has 2 N–H and O–H groups in total. The fourth-order valence-corrected chi connectivity index (χ4v) is 7.70. The van der Waals surface area contributed by atoms with Gasteiger partial charge in [-0.25, -0.2) is 9.59 Å². The summed E-state index contributed by atoms with van der Waals surface area (Å²) in [6, 6.07) is 5.48. The van der Waals surface area contributed by atoms with Gasteiger partial charge in [-0.15, -0.1) is 0 Å². The molecule has 0 aromatic heterocycles. The maximum Gasteiger partial charge on any atom is 0.411 e. The summed E-state index contributed by atoms with van der Waals surface area (Å²) in [5, 5.41) is 5.86. The molecule has 0 spiro atoms. The van der Waals surface area contributed by atoms with Gasteiger partial charge in [-0.1, -0.05) is 47.6 Å². The molecule has 8 nitrogen and oxygen atoms in total. The third-order valence-corrected chi connectivity index (χ3v) is 12.7. The van der Waals surface area contributed by atoms with Gasteiger partial charge in [-0.2, -0.15) is 0 Å². The van der Waals surface area contributed by atoms with Crippen LogP contribution in [0.5, 0.6) is 0 Å². The highest BCUT2D eigenvalue weighted by molar-refractivity contribution is 5.89. The third kappa shape index (κ3) is 6.56. The summed E-state index contributed by atoms with van der Waals surface area (Å²) in [4.78, 5) is 31.4. The van der Waals surface area contributed by atoms with E-state index in [1.165, 1.54) is 0 Å². The summed E-state index contributed by atoms with van der Waals surface area (Å²) in [7, 11) is 4.40. The average molecular weight is 601 g/mol. The quantitative estimate of drug-likeness (QED) is 0.312. The monoisotopic (exact) mass is 600 g/mol. The van der Waals surface area contributed by atoms with Gasteiger partial charge < -0.3 is 9.47 Å². The maximum absolute atomic E-state index is 13.2. The molecule has 2 aliphatic rings. The number of rotatable bonds is 8. The second-order valence-corrected chi connectivity index (χ2v) is 14.4. The number of carbonyl (C=O) groups excluding carboxylic acids is 2. The number of hydrogen-bond acceptors (Lipinski definition) is 6. The molecule has 2 saturated heterocycles. The van der Waals surface area contributed by atoms with Crippen LogP contribution in [0.25, 0.3) is 0 Å². The molecule has 2 heterocycles. The minimum atomic E-state index is -0.478. The van der Waals surface area contributed by atoms with E-state index in [0.717, 1.165) is 44.1 Å². The minimum absolute atomic E-state index is 0.0576. The van der Waals surface area contributed by atoms with Crippen LogP contribution >= 0.6 is 0 Å². The molecule has 2 amide bonds. The molecular weight excluding hydrogens is 540 g/mol. The molecule has 0 aliphatic carbocycles. The standard InChI is InChI=1S/C35H60N4O4/c1-14-32(8)21-28(24(6)34(10,16-3)38(32)12)42-30(40)36-26-19-18-23(5)27(20-26)37-31(41)43-29-22-33(9,15-2)39(13)35(11,17-4)25(29)7/h18-20,24-25,28-29H,14-17,21-22H2,1-13H3,(H,36,40)(H,37,41). The minimum Gasteiger partial charge on any atom is -0.446 e. The number of nitrogens with one attached hydrogen (secondary N) is 2. The first-order valence-corrected chi connectivity index (χ1v) is 16.5. The van der Waals surface area contributed by atoms with Gasteiger partial charge in [0.25, 0.3) is 0 Å². The van der Waals surface area contributed by atoms with Crippen LogP contribution in [0.15, 0.2) is 18.2 Å². The van der Waals surface area contributed by atoms with Crippen LogP contribution in [0.2, 0.25) is 0 Å². The Bertz CT molecular complexity index is 1160. The fraction of sp³-hybridized carbons (Fsp3) is 0.771. The van der Waals surface area contributed by atoms with E-state index in [1.807, 2.05) is 19.1 Å². The summed E-state index contributed by atoms with van der Waals surface area (Å²) in [6.45, 7) is 24.2. The Morgan fingerprint density at radius 1 is 0.767 bits per heavy atom. The van der Waals surface area contributed by atoms with Crippen molar-refractivity contribution in [2.45, 2.75) is 149 Å². The number of carbonyl (C=O) groups is 2. The molecule has 43 heavy (non-hydrogen) atoms. The van der Waals surface area contributed by atoms with Crippen molar-refractivity contribution in [2.24, 2.45) is 11.8 Å². The highest BCUT2D eigenvalue weighted by atomic mass is 16.6. The van der Waals surface area contributed by atoms with Crippen LogP contribution in [0.4, 0.5) is 21.0 Å². The Kier molecular flexibility index (Phi) is 10.6. The van der Waals surface area contributed by atoms with E-state index in [0.29, 0.717) is 11.4 Å². The second-order valence-electron chi connectivity index (χ2n) is 14.4. The first-order chi connectivity index (χ1) is 19.9. The predicted octanol–water partition coefficient (Wildman–Crippen LogP) is 8.45. The lowest BCUT2D eigenvalue weighted by atomic mass is 9.68. The van der Waals surface area contributed by atoms with Gasteiger partial charge in [0, 0.05) is 58.2 Å². The zero-order chi connectivity index (χ0) is 32.5. The summed E-state index contributed by atoms with van der Waals surface area (Å²) in [5.74, 6) is 0.340. The topological polar surface area (TPSA) is 83.1 Å². The predicted molar refractivity (Wildman–Crippen MR) is 177 cm³/mol. The Morgan fingerprint density at radius 3 is 1.58 bits per heavy atom. The van der Waals surface area contributed by atoms with Crippen LogP contribution in [0.1, 0.15) is 113 Å². The Balaban J connectivity index is 1.71. The van der Waals surface area contributed by atoms with Gasteiger partial charge >= 0.3 is 12.2 Å².